The molecule has 2 fully saturated rings. The van der Waals surface area contributed by atoms with Gasteiger partial charge in [-0.15, -0.1) is 11.8 Å². The van der Waals surface area contributed by atoms with Gasteiger partial charge in [0.25, 0.3) is 0 Å². The predicted molar refractivity (Wildman–Crippen MR) is 96.8 cm³/mol. The lowest BCUT2D eigenvalue weighted by atomic mass is 10.0. The third-order valence-corrected chi connectivity index (χ3v) is 5.64. The van der Waals surface area contributed by atoms with E-state index in [1.54, 1.807) is 11.8 Å². The molecule has 2 aliphatic heterocycles. The number of rotatable bonds is 5. The van der Waals surface area contributed by atoms with Gasteiger partial charge in [-0.3, -0.25) is 14.9 Å². The third kappa shape index (κ3) is 4.74. The Morgan fingerprint density at radius 1 is 1.21 bits per heavy atom. The summed E-state index contributed by atoms with van der Waals surface area (Å²) in [6, 6.07) is 10.3. The number of hydrogen-bond donors (Lipinski definition) is 2. The summed E-state index contributed by atoms with van der Waals surface area (Å²) in [5, 5.41) is 6.32. The van der Waals surface area contributed by atoms with Crippen LogP contribution in [0.15, 0.2) is 30.3 Å². The average molecular weight is 347 g/mol. The first-order valence-electron chi connectivity index (χ1n) is 8.65. The first-order chi connectivity index (χ1) is 11.7. The zero-order chi connectivity index (χ0) is 16.8. The first-order valence-corrected chi connectivity index (χ1v) is 9.81. The molecule has 5 nitrogen and oxygen atoms in total. The van der Waals surface area contributed by atoms with Gasteiger partial charge in [0.2, 0.25) is 11.8 Å². The van der Waals surface area contributed by atoms with Gasteiger partial charge < -0.3 is 10.2 Å². The molecule has 0 bridgehead atoms. The summed E-state index contributed by atoms with van der Waals surface area (Å²) in [5.74, 6) is 2.03. The fraction of sp³-hybridized carbons (Fsp3) is 0.556. The van der Waals surface area contributed by atoms with Crippen molar-refractivity contribution in [2.45, 2.75) is 37.8 Å². The monoisotopic (exact) mass is 347 g/mol. The van der Waals surface area contributed by atoms with Crippen molar-refractivity contribution >= 4 is 23.6 Å². The van der Waals surface area contributed by atoms with Crippen LogP contribution in [0.1, 0.15) is 24.8 Å². The number of thioether (sulfide) groups is 1. The van der Waals surface area contributed by atoms with Gasteiger partial charge in [0.05, 0.1) is 6.04 Å². The second kappa shape index (κ2) is 8.53. The Kier molecular flexibility index (Phi) is 6.15. The number of likely N-dealkylation sites (tertiary alicyclic amines) is 1. The van der Waals surface area contributed by atoms with E-state index >= 15 is 0 Å². The van der Waals surface area contributed by atoms with Gasteiger partial charge in [0, 0.05) is 37.2 Å². The number of piperidine rings is 1. The van der Waals surface area contributed by atoms with Gasteiger partial charge in [-0.25, -0.2) is 0 Å². The molecule has 2 N–H and O–H groups in total. The first kappa shape index (κ1) is 17.3. The standard InChI is InChI=1S/C18H25N3O2S/c22-17(7-6-14-4-2-1-3-5-14)21-10-8-15(9-11-21)20-18(23)16-12-24-13-19-16/h1-5,15-16,19H,6-13H2,(H,20,23). The van der Waals surface area contributed by atoms with Gasteiger partial charge >= 0.3 is 0 Å². The van der Waals surface area contributed by atoms with Crippen molar-refractivity contribution in [2.75, 3.05) is 24.7 Å². The van der Waals surface area contributed by atoms with E-state index in [1.807, 2.05) is 23.1 Å². The zero-order valence-electron chi connectivity index (χ0n) is 13.9. The SMILES string of the molecule is O=C(NC1CCN(C(=O)CCc2ccccc2)CC1)C1CSCN1. The topological polar surface area (TPSA) is 61.4 Å². The molecule has 0 saturated carbocycles. The maximum Gasteiger partial charge on any atom is 0.238 e. The molecule has 3 rings (SSSR count). The second-order valence-corrected chi connectivity index (χ2v) is 7.45. The van der Waals surface area contributed by atoms with Crippen LogP contribution >= 0.6 is 11.8 Å². The third-order valence-electron chi connectivity index (χ3n) is 4.70. The maximum absolute atomic E-state index is 12.3. The van der Waals surface area contributed by atoms with E-state index in [1.165, 1.54) is 5.56 Å². The molecule has 2 aliphatic rings. The number of amides is 2. The van der Waals surface area contributed by atoms with Gasteiger partial charge in [0.1, 0.15) is 0 Å². The Morgan fingerprint density at radius 3 is 2.62 bits per heavy atom. The summed E-state index contributed by atoms with van der Waals surface area (Å²) < 4.78 is 0. The van der Waals surface area contributed by atoms with Crippen molar-refractivity contribution < 1.29 is 9.59 Å². The van der Waals surface area contributed by atoms with E-state index in [0.29, 0.717) is 6.42 Å². The fourth-order valence-electron chi connectivity index (χ4n) is 3.19. The minimum absolute atomic E-state index is 0.0551. The highest BCUT2D eigenvalue weighted by Crippen LogP contribution is 2.15. The molecular formula is C18H25N3O2S. The molecule has 1 aromatic rings. The molecular weight excluding hydrogens is 322 g/mol. The summed E-state index contributed by atoms with van der Waals surface area (Å²) in [4.78, 5) is 26.4. The molecule has 1 unspecified atom stereocenters. The molecule has 1 atom stereocenters. The molecule has 1 aromatic carbocycles. The maximum atomic E-state index is 12.3. The van der Waals surface area contributed by atoms with Crippen molar-refractivity contribution in [1.29, 1.82) is 0 Å². The second-order valence-electron chi connectivity index (χ2n) is 6.42. The number of nitrogens with one attached hydrogen (secondary N) is 2. The van der Waals surface area contributed by atoms with Crippen LogP contribution in [0.4, 0.5) is 0 Å². The number of carbonyl (C=O) groups is 2. The predicted octanol–water partition coefficient (Wildman–Crippen LogP) is 1.39. The highest BCUT2D eigenvalue weighted by Gasteiger charge is 2.27. The zero-order valence-corrected chi connectivity index (χ0v) is 14.7. The summed E-state index contributed by atoms with van der Waals surface area (Å²) in [6.07, 6.45) is 3.05. The van der Waals surface area contributed by atoms with E-state index in [0.717, 1.165) is 44.0 Å². The molecule has 0 aromatic heterocycles. The van der Waals surface area contributed by atoms with Crippen LogP contribution in [0.3, 0.4) is 0 Å². The number of hydrogen-bond acceptors (Lipinski definition) is 4. The molecule has 0 spiro atoms. The van der Waals surface area contributed by atoms with E-state index in [-0.39, 0.29) is 23.9 Å². The Hall–Kier alpha value is -1.53. The highest BCUT2D eigenvalue weighted by atomic mass is 32.2. The fourth-order valence-corrected chi connectivity index (χ4v) is 4.13. The summed E-state index contributed by atoms with van der Waals surface area (Å²) in [6.45, 7) is 1.48. The summed E-state index contributed by atoms with van der Waals surface area (Å²) >= 11 is 1.76. The van der Waals surface area contributed by atoms with Crippen LogP contribution < -0.4 is 10.6 Å². The molecule has 2 saturated heterocycles. The van der Waals surface area contributed by atoms with Crippen molar-refractivity contribution in [2.24, 2.45) is 0 Å². The van der Waals surface area contributed by atoms with Crippen LogP contribution in [0, 0.1) is 0 Å². The molecule has 130 valence electrons. The smallest absolute Gasteiger partial charge is 0.238 e. The summed E-state index contributed by atoms with van der Waals surface area (Å²) in [7, 11) is 0. The number of carbonyl (C=O) groups excluding carboxylic acids is 2. The molecule has 2 amide bonds. The van der Waals surface area contributed by atoms with Crippen molar-refractivity contribution in [3.8, 4) is 0 Å². The lowest BCUT2D eigenvalue weighted by Gasteiger charge is -2.33. The van der Waals surface area contributed by atoms with Crippen molar-refractivity contribution in [3.63, 3.8) is 0 Å². The lowest BCUT2D eigenvalue weighted by molar-refractivity contribution is -0.132. The van der Waals surface area contributed by atoms with Gasteiger partial charge in [0.15, 0.2) is 0 Å². The van der Waals surface area contributed by atoms with Gasteiger partial charge in [-0.1, -0.05) is 30.3 Å². The minimum Gasteiger partial charge on any atom is -0.352 e. The molecule has 2 heterocycles. The highest BCUT2D eigenvalue weighted by molar-refractivity contribution is 7.99. The quantitative estimate of drug-likeness (QED) is 0.845. The Bertz CT molecular complexity index is 553. The van der Waals surface area contributed by atoms with Crippen LogP contribution in [0.25, 0.3) is 0 Å². The van der Waals surface area contributed by atoms with E-state index in [2.05, 4.69) is 22.8 Å². The van der Waals surface area contributed by atoms with E-state index in [4.69, 9.17) is 0 Å². The Morgan fingerprint density at radius 2 is 1.96 bits per heavy atom. The van der Waals surface area contributed by atoms with E-state index < -0.39 is 0 Å². The van der Waals surface area contributed by atoms with Gasteiger partial charge in [-0.2, -0.15) is 0 Å². The van der Waals surface area contributed by atoms with Crippen LogP contribution in [0.2, 0.25) is 0 Å². The van der Waals surface area contributed by atoms with Crippen LogP contribution in [-0.2, 0) is 16.0 Å². The Balaban J connectivity index is 1.38. The largest absolute Gasteiger partial charge is 0.352 e. The number of benzene rings is 1. The molecule has 0 radical (unpaired) electrons. The summed E-state index contributed by atoms with van der Waals surface area (Å²) in [5.41, 5.74) is 1.20. The average Bonchev–Trinajstić information content (AvgIpc) is 3.16. The van der Waals surface area contributed by atoms with Crippen LogP contribution in [-0.4, -0.2) is 53.5 Å². The molecule has 6 heteroatoms. The number of nitrogens with zero attached hydrogens (tertiary/aromatic N) is 1. The minimum atomic E-state index is -0.0551. The number of aryl methyl sites for hydroxylation is 1. The normalized spacial score (nSPS) is 21.7. The molecule has 24 heavy (non-hydrogen) atoms. The van der Waals surface area contributed by atoms with Crippen molar-refractivity contribution in [1.82, 2.24) is 15.5 Å². The molecule has 0 aliphatic carbocycles. The lowest BCUT2D eigenvalue weighted by Crippen LogP contribution is -2.51. The Labute approximate surface area is 147 Å². The van der Waals surface area contributed by atoms with Crippen LogP contribution in [0.5, 0.6) is 0 Å². The van der Waals surface area contributed by atoms with Crippen molar-refractivity contribution in [3.05, 3.63) is 35.9 Å². The van der Waals surface area contributed by atoms with Gasteiger partial charge in [-0.05, 0) is 24.8 Å². The van der Waals surface area contributed by atoms with E-state index in [9.17, 15) is 9.59 Å².